The van der Waals surface area contributed by atoms with E-state index in [9.17, 15) is 22.0 Å². The van der Waals surface area contributed by atoms with Crippen molar-refractivity contribution in [2.24, 2.45) is 5.92 Å². The zero-order chi connectivity index (χ0) is 21.0. The molecule has 1 aliphatic rings. The molecular weight excluding hydrogens is 398 g/mol. The summed E-state index contributed by atoms with van der Waals surface area (Å²) >= 11 is 0. The molecule has 0 aliphatic carbocycles. The lowest BCUT2D eigenvalue weighted by atomic mass is 9.90. The van der Waals surface area contributed by atoms with Crippen molar-refractivity contribution >= 4 is 21.6 Å². The van der Waals surface area contributed by atoms with E-state index in [1.54, 1.807) is 4.90 Å². The molecule has 0 unspecified atom stereocenters. The van der Waals surface area contributed by atoms with Crippen LogP contribution in [0.3, 0.4) is 0 Å². The Bertz CT molecular complexity index is 959. The van der Waals surface area contributed by atoms with Gasteiger partial charge in [-0.15, -0.1) is 0 Å². The summed E-state index contributed by atoms with van der Waals surface area (Å²) in [6, 6.07) is 13.0. The molecule has 8 heteroatoms. The number of carbonyl (C=O) groups is 1. The SMILES string of the molecule is CS(=O)(=O)N(CC(=O)N1CCC(Cc2ccccc2)CC1)c1ccc(F)c(F)c1. The maximum Gasteiger partial charge on any atom is 0.243 e. The normalized spacial score (nSPS) is 15.3. The predicted octanol–water partition coefficient (Wildman–Crippen LogP) is 3.21. The summed E-state index contributed by atoms with van der Waals surface area (Å²) in [7, 11) is -3.84. The summed E-state index contributed by atoms with van der Waals surface area (Å²) in [5.41, 5.74) is 1.19. The van der Waals surface area contributed by atoms with Gasteiger partial charge in [0.15, 0.2) is 11.6 Å². The van der Waals surface area contributed by atoms with Crippen LogP contribution in [0.4, 0.5) is 14.5 Å². The Morgan fingerprint density at radius 1 is 1.07 bits per heavy atom. The molecule has 2 aromatic carbocycles. The third-order valence-corrected chi connectivity index (χ3v) is 6.35. The number of amides is 1. The minimum Gasteiger partial charge on any atom is -0.341 e. The second-order valence-corrected chi connectivity index (χ2v) is 9.29. The third-order valence-electron chi connectivity index (χ3n) is 5.20. The topological polar surface area (TPSA) is 57.7 Å². The Balaban J connectivity index is 1.62. The molecule has 1 aliphatic heterocycles. The van der Waals surface area contributed by atoms with Crippen LogP contribution in [0.15, 0.2) is 48.5 Å². The van der Waals surface area contributed by atoms with Crippen LogP contribution >= 0.6 is 0 Å². The Hall–Kier alpha value is -2.48. The first-order chi connectivity index (χ1) is 13.7. The summed E-state index contributed by atoms with van der Waals surface area (Å²) in [5.74, 6) is -2.11. The number of rotatable bonds is 6. The van der Waals surface area contributed by atoms with Gasteiger partial charge < -0.3 is 4.90 Å². The molecule has 156 valence electrons. The first-order valence-corrected chi connectivity index (χ1v) is 11.3. The molecular formula is C21H24F2N2O3S. The van der Waals surface area contributed by atoms with Crippen molar-refractivity contribution in [1.29, 1.82) is 0 Å². The number of anilines is 1. The van der Waals surface area contributed by atoms with Crippen LogP contribution in [0.2, 0.25) is 0 Å². The summed E-state index contributed by atoms with van der Waals surface area (Å²) in [6.07, 6.45) is 3.57. The lowest BCUT2D eigenvalue weighted by Gasteiger charge is -2.33. The fourth-order valence-electron chi connectivity index (χ4n) is 3.60. The van der Waals surface area contributed by atoms with Gasteiger partial charge in [0.25, 0.3) is 0 Å². The van der Waals surface area contributed by atoms with E-state index in [1.807, 2.05) is 18.2 Å². The van der Waals surface area contributed by atoms with E-state index in [0.29, 0.717) is 19.0 Å². The van der Waals surface area contributed by atoms with E-state index < -0.39 is 28.2 Å². The van der Waals surface area contributed by atoms with E-state index >= 15 is 0 Å². The fraction of sp³-hybridized carbons (Fsp3) is 0.381. The number of hydrogen-bond acceptors (Lipinski definition) is 3. The molecule has 1 heterocycles. The number of benzene rings is 2. The zero-order valence-electron chi connectivity index (χ0n) is 16.2. The number of hydrogen-bond donors (Lipinski definition) is 0. The van der Waals surface area contributed by atoms with Gasteiger partial charge in [0.1, 0.15) is 6.54 Å². The quantitative estimate of drug-likeness (QED) is 0.718. The van der Waals surface area contributed by atoms with Crippen molar-refractivity contribution in [1.82, 2.24) is 4.90 Å². The minimum atomic E-state index is -3.84. The van der Waals surface area contributed by atoms with Gasteiger partial charge in [-0.1, -0.05) is 30.3 Å². The van der Waals surface area contributed by atoms with Crippen molar-refractivity contribution in [3.05, 3.63) is 65.7 Å². The molecule has 0 N–H and O–H groups in total. The summed E-state index contributed by atoms with van der Waals surface area (Å²) in [5, 5.41) is 0. The average molecular weight is 422 g/mol. The number of sulfonamides is 1. The molecule has 0 bridgehead atoms. The van der Waals surface area contributed by atoms with Crippen LogP contribution in [0, 0.1) is 17.6 Å². The predicted molar refractivity (Wildman–Crippen MR) is 108 cm³/mol. The van der Waals surface area contributed by atoms with Crippen LogP contribution in [0.5, 0.6) is 0 Å². The van der Waals surface area contributed by atoms with Gasteiger partial charge in [-0.25, -0.2) is 17.2 Å². The Labute approximate surface area is 170 Å². The van der Waals surface area contributed by atoms with E-state index in [4.69, 9.17) is 0 Å². The standard InChI is InChI=1S/C21H24F2N2O3S/c1-29(27,28)25(18-7-8-19(22)20(23)14-18)15-21(26)24-11-9-17(10-12-24)13-16-5-3-2-4-6-16/h2-8,14,17H,9-13,15H2,1H3. The Kier molecular flexibility index (Phi) is 6.52. The molecule has 1 amide bonds. The minimum absolute atomic E-state index is 0.0706. The highest BCUT2D eigenvalue weighted by Gasteiger charge is 2.27. The van der Waals surface area contributed by atoms with Gasteiger partial charge in [0, 0.05) is 19.2 Å². The molecule has 0 radical (unpaired) electrons. The summed E-state index contributed by atoms with van der Waals surface area (Å²) < 4.78 is 51.8. The van der Waals surface area contributed by atoms with Crippen LogP contribution in [0.1, 0.15) is 18.4 Å². The van der Waals surface area contributed by atoms with Crippen molar-refractivity contribution < 1.29 is 22.0 Å². The van der Waals surface area contributed by atoms with Gasteiger partial charge in [-0.3, -0.25) is 9.10 Å². The highest BCUT2D eigenvalue weighted by Crippen LogP contribution is 2.24. The Morgan fingerprint density at radius 3 is 2.31 bits per heavy atom. The molecule has 0 saturated carbocycles. The molecule has 5 nitrogen and oxygen atoms in total. The lowest BCUT2D eigenvalue weighted by molar-refractivity contribution is -0.130. The van der Waals surface area contributed by atoms with E-state index in [-0.39, 0.29) is 11.6 Å². The van der Waals surface area contributed by atoms with Gasteiger partial charge in [-0.2, -0.15) is 0 Å². The molecule has 1 fully saturated rings. The molecule has 1 saturated heterocycles. The molecule has 2 aromatic rings. The summed E-state index contributed by atoms with van der Waals surface area (Å²) in [6.45, 7) is 0.657. The monoisotopic (exact) mass is 422 g/mol. The second-order valence-electron chi connectivity index (χ2n) is 7.38. The number of halogens is 2. The molecule has 0 spiro atoms. The maximum atomic E-state index is 13.5. The largest absolute Gasteiger partial charge is 0.341 e. The average Bonchev–Trinajstić information content (AvgIpc) is 2.69. The molecule has 0 aromatic heterocycles. The van der Waals surface area contributed by atoms with Crippen LogP contribution < -0.4 is 4.31 Å². The van der Waals surface area contributed by atoms with Gasteiger partial charge in [-0.05, 0) is 42.9 Å². The highest BCUT2D eigenvalue weighted by molar-refractivity contribution is 7.92. The zero-order valence-corrected chi connectivity index (χ0v) is 17.0. The number of carbonyl (C=O) groups excluding carboxylic acids is 1. The first kappa shape index (κ1) is 21.2. The van der Waals surface area contributed by atoms with E-state index in [1.165, 1.54) is 5.56 Å². The maximum absolute atomic E-state index is 13.5. The number of likely N-dealkylation sites (tertiary alicyclic amines) is 1. The molecule has 3 rings (SSSR count). The van der Waals surface area contributed by atoms with Gasteiger partial charge in [0.2, 0.25) is 15.9 Å². The summed E-state index contributed by atoms with van der Waals surface area (Å²) in [4.78, 5) is 14.3. The van der Waals surface area contributed by atoms with Crippen molar-refractivity contribution in [3.8, 4) is 0 Å². The van der Waals surface area contributed by atoms with E-state index in [2.05, 4.69) is 12.1 Å². The third kappa shape index (κ3) is 5.53. The first-order valence-electron chi connectivity index (χ1n) is 9.48. The van der Waals surface area contributed by atoms with Crippen LogP contribution in [-0.2, 0) is 21.2 Å². The van der Waals surface area contributed by atoms with E-state index in [0.717, 1.165) is 48.0 Å². The van der Waals surface area contributed by atoms with Gasteiger partial charge in [0.05, 0.1) is 11.9 Å². The molecule has 0 atom stereocenters. The van der Waals surface area contributed by atoms with Crippen LogP contribution in [-0.4, -0.2) is 45.1 Å². The number of piperidine rings is 1. The highest BCUT2D eigenvalue weighted by atomic mass is 32.2. The van der Waals surface area contributed by atoms with Crippen molar-refractivity contribution in [3.63, 3.8) is 0 Å². The van der Waals surface area contributed by atoms with Crippen LogP contribution in [0.25, 0.3) is 0 Å². The fourth-order valence-corrected chi connectivity index (χ4v) is 4.44. The van der Waals surface area contributed by atoms with Gasteiger partial charge >= 0.3 is 0 Å². The Morgan fingerprint density at radius 2 is 1.72 bits per heavy atom. The smallest absolute Gasteiger partial charge is 0.243 e. The molecule has 29 heavy (non-hydrogen) atoms. The lowest BCUT2D eigenvalue weighted by Crippen LogP contribution is -2.46. The number of nitrogens with zero attached hydrogens (tertiary/aromatic N) is 2. The second kappa shape index (κ2) is 8.90. The van der Waals surface area contributed by atoms with Crippen molar-refractivity contribution in [2.75, 3.05) is 30.2 Å². The van der Waals surface area contributed by atoms with Crippen molar-refractivity contribution in [2.45, 2.75) is 19.3 Å².